The maximum Gasteiger partial charge on any atom is 0.296 e. The van der Waals surface area contributed by atoms with Gasteiger partial charge in [0.1, 0.15) is 17.6 Å². The van der Waals surface area contributed by atoms with Crippen molar-refractivity contribution in [2.45, 2.75) is 12.6 Å². The third-order valence-electron chi connectivity index (χ3n) is 4.50. The Hall–Kier alpha value is -2.78. The first-order valence-electron chi connectivity index (χ1n) is 8.38. The number of amides is 1. The van der Waals surface area contributed by atoms with E-state index >= 15 is 0 Å². The fourth-order valence-corrected chi connectivity index (χ4v) is 4.21. The summed E-state index contributed by atoms with van der Waals surface area (Å²) in [6, 6.07) is 8.52. The Labute approximate surface area is 176 Å². The molecule has 2 aromatic heterocycles. The number of aliphatic hydroxyl groups is 1. The van der Waals surface area contributed by atoms with E-state index in [-0.39, 0.29) is 23.4 Å². The van der Waals surface area contributed by atoms with Crippen LogP contribution in [0.4, 0.5) is 8.78 Å². The highest BCUT2D eigenvalue weighted by Gasteiger charge is 2.47. The van der Waals surface area contributed by atoms with Crippen LogP contribution >= 0.6 is 27.3 Å². The summed E-state index contributed by atoms with van der Waals surface area (Å²) in [6.45, 7) is 0.125. The Kier molecular flexibility index (Phi) is 5.10. The third-order valence-corrected chi connectivity index (χ3v) is 5.79. The molecule has 0 spiro atoms. The largest absolute Gasteiger partial charge is 0.507 e. The molecule has 5 nitrogen and oxygen atoms in total. The van der Waals surface area contributed by atoms with Gasteiger partial charge in [0.05, 0.1) is 12.1 Å². The van der Waals surface area contributed by atoms with Crippen LogP contribution in [-0.4, -0.2) is 21.7 Å². The quantitative estimate of drug-likeness (QED) is 0.324. The van der Waals surface area contributed by atoms with E-state index in [4.69, 9.17) is 4.42 Å². The molecular weight excluding hydrogens is 468 g/mol. The van der Waals surface area contributed by atoms with E-state index in [9.17, 15) is 23.5 Å². The molecule has 0 radical (unpaired) electrons. The average molecular weight is 480 g/mol. The van der Waals surface area contributed by atoms with Crippen LogP contribution in [0.3, 0.4) is 0 Å². The Morgan fingerprint density at radius 1 is 1.17 bits per heavy atom. The van der Waals surface area contributed by atoms with Crippen molar-refractivity contribution in [1.29, 1.82) is 0 Å². The number of carbonyl (C=O) groups is 2. The van der Waals surface area contributed by atoms with E-state index < -0.39 is 35.1 Å². The number of hydrogen-bond acceptors (Lipinski definition) is 5. The second-order valence-electron chi connectivity index (χ2n) is 6.28. The summed E-state index contributed by atoms with van der Waals surface area (Å²) in [7, 11) is 0. The predicted molar refractivity (Wildman–Crippen MR) is 105 cm³/mol. The minimum atomic E-state index is -1.18. The fraction of sp³-hybridized carbons (Fsp3) is 0.100. The topological polar surface area (TPSA) is 70.8 Å². The van der Waals surface area contributed by atoms with Crippen LogP contribution in [-0.2, 0) is 16.1 Å². The number of halogens is 3. The molecule has 148 valence electrons. The normalized spacial score (nSPS) is 18.6. The van der Waals surface area contributed by atoms with Crippen molar-refractivity contribution in [3.63, 3.8) is 0 Å². The monoisotopic (exact) mass is 479 g/mol. The third kappa shape index (κ3) is 3.51. The maximum absolute atomic E-state index is 13.7. The molecule has 1 saturated heterocycles. The summed E-state index contributed by atoms with van der Waals surface area (Å²) >= 11 is 4.60. The summed E-state index contributed by atoms with van der Waals surface area (Å²) < 4.78 is 32.9. The van der Waals surface area contributed by atoms with Crippen LogP contribution < -0.4 is 0 Å². The Bertz CT molecular complexity index is 1140. The molecule has 3 heterocycles. The molecule has 9 heteroatoms. The van der Waals surface area contributed by atoms with Gasteiger partial charge >= 0.3 is 0 Å². The van der Waals surface area contributed by atoms with Gasteiger partial charge in [-0.15, -0.1) is 11.3 Å². The van der Waals surface area contributed by atoms with Gasteiger partial charge in [0.25, 0.3) is 11.7 Å². The molecule has 1 aliphatic heterocycles. The minimum Gasteiger partial charge on any atom is -0.507 e. The Morgan fingerprint density at radius 2 is 1.97 bits per heavy atom. The molecule has 0 aliphatic carbocycles. The summed E-state index contributed by atoms with van der Waals surface area (Å²) in [5.41, 5.74) is -0.368. The van der Waals surface area contributed by atoms with Crippen LogP contribution in [0.15, 0.2) is 62.5 Å². The van der Waals surface area contributed by atoms with Gasteiger partial charge in [-0.2, -0.15) is 0 Å². The molecule has 1 N–H and O–H groups in total. The van der Waals surface area contributed by atoms with Crippen molar-refractivity contribution >= 4 is 44.7 Å². The lowest BCUT2D eigenvalue weighted by atomic mass is 9.99. The van der Waals surface area contributed by atoms with Crippen LogP contribution in [0.1, 0.15) is 22.2 Å². The van der Waals surface area contributed by atoms with Crippen molar-refractivity contribution in [3.05, 3.63) is 85.9 Å². The van der Waals surface area contributed by atoms with Crippen LogP contribution in [0.25, 0.3) is 5.76 Å². The number of ketones is 1. The van der Waals surface area contributed by atoms with Gasteiger partial charge in [0, 0.05) is 10.4 Å². The number of aliphatic hydroxyl groups excluding tert-OH is 1. The maximum atomic E-state index is 13.7. The van der Waals surface area contributed by atoms with E-state index in [2.05, 4.69) is 15.9 Å². The van der Waals surface area contributed by atoms with Crippen LogP contribution in [0, 0.1) is 11.6 Å². The van der Waals surface area contributed by atoms with Crippen molar-refractivity contribution in [3.8, 4) is 0 Å². The van der Waals surface area contributed by atoms with Gasteiger partial charge in [0.15, 0.2) is 16.3 Å². The molecule has 1 amide bonds. The first-order valence-corrected chi connectivity index (χ1v) is 10.1. The number of likely N-dealkylation sites (tertiary alicyclic amines) is 1. The lowest BCUT2D eigenvalue weighted by molar-refractivity contribution is -0.140. The van der Waals surface area contributed by atoms with E-state index in [1.807, 2.05) is 17.5 Å². The van der Waals surface area contributed by atoms with E-state index in [1.165, 1.54) is 16.2 Å². The molecule has 1 aromatic carbocycles. The zero-order valence-corrected chi connectivity index (χ0v) is 17.0. The number of hydrogen-bond donors (Lipinski definition) is 1. The van der Waals surface area contributed by atoms with Gasteiger partial charge in [-0.1, -0.05) is 6.07 Å². The molecule has 4 rings (SSSR count). The minimum absolute atomic E-state index is 0.117. The van der Waals surface area contributed by atoms with E-state index in [1.54, 1.807) is 12.1 Å². The number of benzene rings is 1. The molecule has 1 unspecified atom stereocenters. The standard InChI is InChI=1S/C20H12BrF2NO4S/c21-15-6-5-14(28-15)17-16(18(25)10-3-4-12(22)13(23)8-10)19(26)20(27)24(17)9-11-2-1-7-29-11/h1-8,17,25H,9H2/b18-16+. The van der Waals surface area contributed by atoms with Gasteiger partial charge in [0.2, 0.25) is 0 Å². The van der Waals surface area contributed by atoms with Crippen LogP contribution in [0.2, 0.25) is 0 Å². The molecule has 1 fully saturated rings. The second kappa shape index (κ2) is 7.57. The molecule has 1 atom stereocenters. The van der Waals surface area contributed by atoms with E-state index in [0.717, 1.165) is 23.1 Å². The van der Waals surface area contributed by atoms with Gasteiger partial charge in [-0.05, 0) is 57.7 Å². The highest BCUT2D eigenvalue weighted by atomic mass is 79.9. The predicted octanol–water partition coefficient (Wildman–Crippen LogP) is 5.00. The van der Waals surface area contributed by atoms with Crippen molar-refractivity contribution in [1.82, 2.24) is 4.90 Å². The number of nitrogens with zero attached hydrogens (tertiary/aromatic N) is 1. The zero-order valence-electron chi connectivity index (χ0n) is 14.6. The van der Waals surface area contributed by atoms with Gasteiger partial charge in [-0.3, -0.25) is 9.59 Å². The van der Waals surface area contributed by atoms with Crippen LogP contribution in [0.5, 0.6) is 0 Å². The lowest BCUT2D eigenvalue weighted by Gasteiger charge is -2.22. The molecule has 3 aromatic rings. The van der Waals surface area contributed by atoms with E-state index in [0.29, 0.717) is 4.67 Å². The van der Waals surface area contributed by atoms with Gasteiger partial charge in [-0.25, -0.2) is 8.78 Å². The second-order valence-corrected chi connectivity index (χ2v) is 8.09. The molecule has 1 aliphatic rings. The molecule has 29 heavy (non-hydrogen) atoms. The summed E-state index contributed by atoms with van der Waals surface area (Å²) in [5.74, 6) is -4.38. The number of furan rings is 1. The zero-order chi connectivity index (χ0) is 20.7. The van der Waals surface area contributed by atoms with Gasteiger partial charge < -0.3 is 14.4 Å². The fourth-order valence-electron chi connectivity index (χ4n) is 3.18. The smallest absolute Gasteiger partial charge is 0.296 e. The number of rotatable bonds is 4. The van der Waals surface area contributed by atoms with Crippen molar-refractivity contribution < 1.29 is 27.9 Å². The number of thiophene rings is 1. The lowest BCUT2D eigenvalue weighted by Crippen LogP contribution is -2.28. The van der Waals surface area contributed by atoms with Crippen molar-refractivity contribution in [2.75, 3.05) is 0 Å². The SMILES string of the molecule is O=C1C(=O)N(Cc2cccs2)C(c2ccc(Br)o2)/C1=C(\O)c1ccc(F)c(F)c1. The Balaban J connectivity index is 1.87. The van der Waals surface area contributed by atoms with Crippen molar-refractivity contribution in [2.24, 2.45) is 0 Å². The molecule has 0 saturated carbocycles. The molecular formula is C20H12BrF2NO4S. The first kappa shape index (κ1) is 19.5. The highest BCUT2D eigenvalue weighted by Crippen LogP contribution is 2.41. The highest BCUT2D eigenvalue weighted by molar-refractivity contribution is 9.10. The summed E-state index contributed by atoms with van der Waals surface area (Å²) in [6.07, 6.45) is 0. The number of Topliss-reactive ketones (excluding diaryl/α,β-unsaturated/α-hetero) is 1. The summed E-state index contributed by atoms with van der Waals surface area (Å²) in [5, 5.41) is 12.6. The summed E-state index contributed by atoms with van der Waals surface area (Å²) in [4.78, 5) is 27.6. The first-order chi connectivity index (χ1) is 13.9. The molecule has 0 bridgehead atoms. The Morgan fingerprint density at radius 3 is 2.59 bits per heavy atom. The average Bonchev–Trinajstić information content (AvgIpc) is 3.41. The number of carbonyl (C=O) groups excluding carboxylic acids is 2.